The fourth-order valence-electron chi connectivity index (χ4n) is 2.17. The average Bonchev–Trinajstić information content (AvgIpc) is 2.49. The highest BCUT2D eigenvalue weighted by atomic mass is 16.5. The number of rotatable bonds is 7. The van der Waals surface area contributed by atoms with Crippen LogP contribution in [0.25, 0.3) is 0 Å². The van der Waals surface area contributed by atoms with Crippen molar-refractivity contribution in [3.63, 3.8) is 0 Å². The highest BCUT2D eigenvalue weighted by Gasteiger charge is 2.14. The minimum atomic E-state index is -0.250. The third kappa shape index (κ3) is 8.98. The van der Waals surface area contributed by atoms with Crippen LogP contribution in [0.2, 0.25) is 0 Å². The van der Waals surface area contributed by atoms with Gasteiger partial charge in [0.15, 0.2) is 5.96 Å². The van der Waals surface area contributed by atoms with E-state index in [9.17, 15) is 4.79 Å². The van der Waals surface area contributed by atoms with Gasteiger partial charge in [0.2, 0.25) is 5.91 Å². The van der Waals surface area contributed by atoms with Gasteiger partial charge in [-0.2, -0.15) is 0 Å². The number of para-hydroxylation sites is 1. The Morgan fingerprint density at radius 2 is 1.88 bits per heavy atom. The Hall–Kier alpha value is -2.24. The molecule has 0 spiro atoms. The van der Waals surface area contributed by atoms with E-state index in [1.807, 2.05) is 58.9 Å². The number of aliphatic imine (C=N–C) groups is 1. The van der Waals surface area contributed by atoms with Gasteiger partial charge in [-0.3, -0.25) is 9.79 Å². The molecule has 0 aliphatic heterocycles. The lowest BCUT2D eigenvalue weighted by Crippen LogP contribution is -2.39. The van der Waals surface area contributed by atoms with Crippen LogP contribution in [0.1, 0.15) is 46.6 Å². The van der Waals surface area contributed by atoms with Gasteiger partial charge in [-0.15, -0.1) is 0 Å². The zero-order valence-corrected chi connectivity index (χ0v) is 16.3. The Morgan fingerprint density at radius 3 is 2.48 bits per heavy atom. The second-order valence-electron chi connectivity index (χ2n) is 7.15. The zero-order valence-electron chi connectivity index (χ0n) is 16.3. The number of nitrogens with zero attached hydrogens (tertiary/aromatic N) is 1. The second-order valence-corrected chi connectivity index (χ2v) is 7.15. The number of carbonyl (C=O) groups excluding carboxylic acids is 1. The molecular weight excluding hydrogens is 316 g/mol. The molecule has 1 amide bonds. The summed E-state index contributed by atoms with van der Waals surface area (Å²) in [6.45, 7) is 11.1. The van der Waals surface area contributed by atoms with E-state index in [4.69, 9.17) is 4.74 Å². The SMILES string of the molecule is CN=C(NCCC(=O)NC(C)C)NCc1ccccc1OC(C)(C)C. The number of nitrogens with one attached hydrogen (secondary N) is 3. The van der Waals surface area contributed by atoms with Crippen molar-refractivity contribution in [1.29, 1.82) is 0 Å². The number of carbonyl (C=O) groups is 1. The lowest BCUT2D eigenvalue weighted by atomic mass is 10.1. The second kappa shape index (κ2) is 9.91. The van der Waals surface area contributed by atoms with Crippen molar-refractivity contribution in [2.45, 2.75) is 59.2 Å². The Morgan fingerprint density at radius 1 is 1.20 bits per heavy atom. The summed E-state index contributed by atoms with van der Waals surface area (Å²) in [6.07, 6.45) is 0.405. The van der Waals surface area contributed by atoms with Crippen LogP contribution in [-0.2, 0) is 11.3 Å². The van der Waals surface area contributed by atoms with Gasteiger partial charge in [-0.05, 0) is 40.7 Å². The zero-order chi connectivity index (χ0) is 18.9. The van der Waals surface area contributed by atoms with E-state index >= 15 is 0 Å². The maximum absolute atomic E-state index is 11.7. The topological polar surface area (TPSA) is 74.8 Å². The van der Waals surface area contributed by atoms with Gasteiger partial charge in [-0.1, -0.05) is 18.2 Å². The molecular formula is C19H32N4O2. The third-order valence-corrected chi connectivity index (χ3v) is 3.15. The van der Waals surface area contributed by atoms with E-state index < -0.39 is 0 Å². The maximum atomic E-state index is 11.7. The molecule has 0 heterocycles. The van der Waals surface area contributed by atoms with Crippen molar-refractivity contribution < 1.29 is 9.53 Å². The molecule has 0 radical (unpaired) electrons. The summed E-state index contributed by atoms with van der Waals surface area (Å²) < 4.78 is 6.00. The van der Waals surface area contributed by atoms with Crippen LogP contribution in [0.5, 0.6) is 5.75 Å². The number of hydrogen-bond donors (Lipinski definition) is 3. The van der Waals surface area contributed by atoms with Gasteiger partial charge in [-0.25, -0.2) is 0 Å². The van der Waals surface area contributed by atoms with Gasteiger partial charge in [0, 0.05) is 38.2 Å². The van der Waals surface area contributed by atoms with E-state index in [0.717, 1.165) is 11.3 Å². The molecule has 0 bridgehead atoms. The molecule has 1 aromatic carbocycles. The Labute approximate surface area is 151 Å². The molecule has 3 N–H and O–H groups in total. The van der Waals surface area contributed by atoms with Crippen LogP contribution in [-0.4, -0.2) is 37.1 Å². The first-order chi connectivity index (χ1) is 11.7. The molecule has 6 heteroatoms. The lowest BCUT2D eigenvalue weighted by molar-refractivity contribution is -0.121. The largest absolute Gasteiger partial charge is 0.488 e. The molecule has 0 saturated heterocycles. The molecule has 1 rings (SSSR count). The standard InChI is InChI=1S/C19H32N4O2/c1-14(2)23-17(24)11-12-21-18(20-6)22-13-15-9-7-8-10-16(15)25-19(3,4)5/h7-10,14H,11-13H2,1-6H3,(H,23,24)(H2,20,21,22). The van der Waals surface area contributed by atoms with Gasteiger partial charge in [0.25, 0.3) is 0 Å². The number of ether oxygens (including phenoxy) is 1. The molecule has 0 unspecified atom stereocenters. The van der Waals surface area contributed by atoms with Crippen LogP contribution >= 0.6 is 0 Å². The average molecular weight is 348 g/mol. The first-order valence-corrected chi connectivity index (χ1v) is 8.72. The molecule has 0 saturated carbocycles. The molecule has 25 heavy (non-hydrogen) atoms. The Balaban J connectivity index is 2.51. The van der Waals surface area contributed by atoms with Gasteiger partial charge >= 0.3 is 0 Å². The summed E-state index contributed by atoms with van der Waals surface area (Å²) in [4.78, 5) is 15.8. The molecule has 0 aliphatic carbocycles. The van der Waals surface area contributed by atoms with Gasteiger partial charge in [0.05, 0.1) is 0 Å². The van der Waals surface area contributed by atoms with Crippen molar-refractivity contribution >= 4 is 11.9 Å². The minimum Gasteiger partial charge on any atom is -0.488 e. The molecule has 0 atom stereocenters. The summed E-state index contributed by atoms with van der Waals surface area (Å²) in [5.74, 6) is 1.54. The quantitative estimate of drug-likeness (QED) is 0.523. The summed E-state index contributed by atoms with van der Waals surface area (Å²) >= 11 is 0. The maximum Gasteiger partial charge on any atom is 0.221 e. The van der Waals surface area contributed by atoms with Crippen LogP contribution < -0.4 is 20.7 Å². The Bertz CT molecular complexity index is 577. The van der Waals surface area contributed by atoms with Crippen molar-refractivity contribution in [2.75, 3.05) is 13.6 Å². The van der Waals surface area contributed by atoms with Crippen LogP contribution in [0.15, 0.2) is 29.3 Å². The number of amides is 1. The van der Waals surface area contributed by atoms with Crippen molar-refractivity contribution in [1.82, 2.24) is 16.0 Å². The predicted molar refractivity (Wildman–Crippen MR) is 103 cm³/mol. The van der Waals surface area contributed by atoms with Crippen LogP contribution in [0, 0.1) is 0 Å². The van der Waals surface area contributed by atoms with Crippen molar-refractivity contribution in [2.24, 2.45) is 4.99 Å². The van der Waals surface area contributed by atoms with Crippen molar-refractivity contribution in [3.05, 3.63) is 29.8 Å². The highest BCUT2D eigenvalue weighted by Crippen LogP contribution is 2.22. The minimum absolute atomic E-state index is 0.0295. The van der Waals surface area contributed by atoms with E-state index in [1.165, 1.54) is 0 Å². The summed E-state index contributed by atoms with van der Waals surface area (Å²) in [7, 11) is 1.71. The number of benzene rings is 1. The van der Waals surface area contributed by atoms with E-state index in [-0.39, 0.29) is 17.6 Å². The highest BCUT2D eigenvalue weighted by molar-refractivity contribution is 5.81. The summed E-state index contributed by atoms with van der Waals surface area (Å²) in [6, 6.07) is 8.10. The number of guanidine groups is 1. The van der Waals surface area contributed by atoms with Crippen molar-refractivity contribution in [3.8, 4) is 5.75 Å². The van der Waals surface area contributed by atoms with Gasteiger partial charge in [0.1, 0.15) is 11.4 Å². The third-order valence-electron chi connectivity index (χ3n) is 3.15. The predicted octanol–water partition coefficient (Wildman–Crippen LogP) is 2.44. The van der Waals surface area contributed by atoms with E-state index in [1.54, 1.807) is 7.05 Å². The number of hydrogen-bond acceptors (Lipinski definition) is 3. The first-order valence-electron chi connectivity index (χ1n) is 8.72. The molecule has 140 valence electrons. The summed E-state index contributed by atoms with van der Waals surface area (Å²) in [5, 5.41) is 9.27. The van der Waals surface area contributed by atoms with E-state index in [0.29, 0.717) is 25.5 Å². The fraction of sp³-hybridized carbons (Fsp3) is 0.579. The lowest BCUT2D eigenvalue weighted by Gasteiger charge is -2.23. The smallest absolute Gasteiger partial charge is 0.221 e. The van der Waals surface area contributed by atoms with E-state index in [2.05, 4.69) is 20.9 Å². The molecule has 0 aromatic heterocycles. The molecule has 6 nitrogen and oxygen atoms in total. The van der Waals surface area contributed by atoms with Crippen LogP contribution in [0.4, 0.5) is 0 Å². The summed E-state index contributed by atoms with van der Waals surface area (Å²) in [5.41, 5.74) is 0.803. The normalized spacial score (nSPS) is 12.0. The van der Waals surface area contributed by atoms with Gasteiger partial charge < -0.3 is 20.7 Å². The molecule has 0 aliphatic rings. The monoisotopic (exact) mass is 348 g/mol. The Kier molecular flexibility index (Phi) is 8.25. The first kappa shape index (κ1) is 20.8. The molecule has 0 fully saturated rings. The van der Waals surface area contributed by atoms with Crippen LogP contribution in [0.3, 0.4) is 0 Å². The fourth-order valence-corrected chi connectivity index (χ4v) is 2.17. The molecule has 1 aromatic rings.